The highest BCUT2D eigenvalue weighted by Crippen LogP contribution is 2.25. The van der Waals surface area contributed by atoms with E-state index in [-0.39, 0.29) is 5.84 Å². The van der Waals surface area contributed by atoms with Gasteiger partial charge >= 0.3 is 0 Å². The van der Waals surface area contributed by atoms with E-state index >= 15 is 0 Å². The average Bonchev–Trinajstić information content (AvgIpc) is 2.47. The zero-order chi connectivity index (χ0) is 15.4. The van der Waals surface area contributed by atoms with Crippen LogP contribution in [-0.2, 0) is 6.61 Å². The molecule has 0 aromatic heterocycles. The zero-order valence-electron chi connectivity index (χ0n) is 11.9. The van der Waals surface area contributed by atoms with Crippen molar-refractivity contribution in [2.45, 2.75) is 20.5 Å². The van der Waals surface area contributed by atoms with Gasteiger partial charge in [-0.3, -0.25) is 0 Å². The maximum atomic E-state index is 8.82. The molecular formula is C16H17ClN2O2. The molecule has 5 heteroatoms. The molecule has 2 aromatic rings. The largest absolute Gasteiger partial charge is 0.488 e. The van der Waals surface area contributed by atoms with Crippen LogP contribution in [0.2, 0.25) is 5.02 Å². The van der Waals surface area contributed by atoms with Crippen molar-refractivity contribution in [2.75, 3.05) is 0 Å². The Morgan fingerprint density at radius 3 is 2.71 bits per heavy atom. The van der Waals surface area contributed by atoms with Crippen LogP contribution in [0.5, 0.6) is 5.75 Å². The predicted molar refractivity (Wildman–Crippen MR) is 84.2 cm³/mol. The van der Waals surface area contributed by atoms with Crippen molar-refractivity contribution in [3.8, 4) is 5.75 Å². The van der Waals surface area contributed by atoms with Crippen LogP contribution in [0.1, 0.15) is 22.3 Å². The van der Waals surface area contributed by atoms with E-state index in [0.29, 0.717) is 22.9 Å². The predicted octanol–water partition coefficient (Wildman–Crippen LogP) is 3.63. The van der Waals surface area contributed by atoms with E-state index in [1.807, 2.05) is 13.8 Å². The molecule has 0 aliphatic rings. The van der Waals surface area contributed by atoms with Crippen LogP contribution in [0.15, 0.2) is 41.6 Å². The van der Waals surface area contributed by atoms with E-state index in [9.17, 15) is 0 Å². The van der Waals surface area contributed by atoms with Gasteiger partial charge in [0.1, 0.15) is 12.4 Å². The molecule has 0 fully saturated rings. The number of rotatable bonds is 4. The Morgan fingerprint density at radius 2 is 2.00 bits per heavy atom. The summed E-state index contributed by atoms with van der Waals surface area (Å²) < 4.78 is 5.81. The fourth-order valence-electron chi connectivity index (χ4n) is 1.99. The van der Waals surface area contributed by atoms with Crippen molar-refractivity contribution in [1.82, 2.24) is 0 Å². The standard InChI is InChI=1S/C16H17ClN2O2/c1-10-3-4-11(2)12(7-10)9-21-15-8-13(17)5-6-14(15)16(18)19-20/h3-8,20H,9H2,1-2H3,(H2,18,19). The molecule has 0 saturated heterocycles. The number of aryl methyl sites for hydroxylation is 2. The molecule has 0 heterocycles. The third-order valence-electron chi connectivity index (χ3n) is 3.22. The molecule has 3 N–H and O–H groups in total. The molecule has 21 heavy (non-hydrogen) atoms. The molecule has 2 aromatic carbocycles. The Bertz CT molecular complexity index is 684. The fraction of sp³-hybridized carbons (Fsp3) is 0.188. The van der Waals surface area contributed by atoms with Gasteiger partial charge < -0.3 is 15.7 Å². The first kappa shape index (κ1) is 15.2. The molecule has 0 aliphatic carbocycles. The van der Waals surface area contributed by atoms with Crippen molar-refractivity contribution in [2.24, 2.45) is 10.9 Å². The van der Waals surface area contributed by atoms with E-state index < -0.39 is 0 Å². The summed E-state index contributed by atoms with van der Waals surface area (Å²) in [7, 11) is 0. The second-order valence-electron chi connectivity index (χ2n) is 4.84. The van der Waals surface area contributed by atoms with Gasteiger partial charge in [0.15, 0.2) is 5.84 Å². The number of halogens is 1. The molecule has 0 aliphatic heterocycles. The molecule has 0 radical (unpaired) electrons. The van der Waals surface area contributed by atoms with Gasteiger partial charge in [0.2, 0.25) is 0 Å². The normalized spacial score (nSPS) is 11.5. The van der Waals surface area contributed by atoms with Crippen molar-refractivity contribution in [1.29, 1.82) is 0 Å². The van der Waals surface area contributed by atoms with E-state index in [2.05, 4.69) is 23.4 Å². The SMILES string of the molecule is Cc1ccc(C)c(COc2cc(Cl)ccc2/C(N)=N/O)c1. The van der Waals surface area contributed by atoms with E-state index in [1.165, 1.54) is 5.56 Å². The van der Waals surface area contributed by atoms with Crippen molar-refractivity contribution >= 4 is 17.4 Å². The van der Waals surface area contributed by atoms with Gasteiger partial charge in [0.05, 0.1) is 5.56 Å². The average molecular weight is 305 g/mol. The Balaban J connectivity index is 2.27. The van der Waals surface area contributed by atoms with E-state index in [1.54, 1.807) is 18.2 Å². The lowest BCUT2D eigenvalue weighted by atomic mass is 10.1. The number of nitrogens with two attached hydrogens (primary N) is 1. The summed E-state index contributed by atoms with van der Waals surface area (Å²) in [6.07, 6.45) is 0. The third-order valence-corrected chi connectivity index (χ3v) is 3.45. The second kappa shape index (κ2) is 6.50. The Kier molecular flexibility index (Phi) is 4.70. The summed E-state index contributed by atoms with van der Waals surface area (Å²) in [4.78, 5) is 0. The van der Waals surface area contributed by atoms with Crippen LogP contribution in [-0.4, -0.2) is 11.0 Å². The quantitative estimate of drug-likeness (QED) is 0.392. The Morgan fingerprint density at radius 1 is 1.24 bits per heavy atom. The second-order valence-corrected chi connectivity index (χ2v) is 5.28. The highest BCUT2D eigenvalue weighted by Gasteiger charge is 2.10. The molecule has 0 spiro atoms. The third kappa shape index (κ3) is 3.67. The summed E-state index contributed by atoms with van der Waals surface area (Å²) >= 11 is 5.98. The Hall–Kier alpha value is -2.20. The maximum Gasteiger partial charge on any atom is 0.173 e. The van der Waals surface area contributed by atoms with Crippen LogP contribution in [0.4, 0.5) is 0 Å². The number of oxime groups is 1. The molecule has 0 bridgehead atoms. The van der Waals surface area contributed by atoms with Gasteiger partial charge in [-0.1, -0.05) is 40.5 Å². The first-order valence-corrected chi connectivity index (χ1v) is 6.85. The number of benzene rings is 2. The van der Waals surface area contributed by atoms with E-state index in [0.717, 1.165) is 11.1 Å². The smallest absolute Gasteiger partial charge is 0.173 e. The lowest BCUT2D eigenvalue weighted by Crippen LogP contribution is -2.15. The fourth-order valence-corrected chi connectivity index (χ4v) is 2.15. The number of hydrogen-bond donors (Lipinski definition) is 2. The van der Waals surface area contributed by atoms with Crippen LogP contribution in [0, 0.1) is 13.8 Å². The van der Waals surface area contributed by atoms with Crippen LogP contribution in [0.3, 0.4) is 0 Å². The minimum atomic E-state index is -0.0115. The van der Waals surface area contributed by atoms with Crippen LogP contribution in [0.25, 0.3) is 0 Å². The zero-order valence-corrected chi connectivity index (χ0v) is 12.7. The first-order chi connectivity index (χ1) is 10.0. The minimum Gasteiger partial charge on any atom is -0.488 e. The lowest BCUT2D eigenvalue weighted by Gasteiger charge is -2.13. The summed E-state index contributed by atoms with van der Waals surface area (Å²) in [5, 5.41) is 12.4. The van der Waals surface area contributed by atoms with Gasteiger partial charge in [0.25, 0.3) is 0 Å². The highest BCUT2D eigenvalue weighted by molar-refractivity contribution is 6.30. The van der Waals surface area contributed by atoms with Crippen LogP contribution < -0.4 is 10.5 Å². The number of hydrogen-bond acceptors (Lipinski definition) is 3. The van der Waals surface area contributed by atoms with Crippen molar-refractivity contribution in [3.63, 3.8) is 0 Å². The molecule has 0 atom stereocenters. The molecule has 4 nitrogen and oxygen atoms in total. The molecular weight excluding hydrogens is 288 g/mol. The highest BCUT2D eigenvalue weighted by atomic mass is 35.5. The first-order valence-electron chi connectivity index (χ1n) is 6.47. The topological polar surface area (TPSA) is 67.8 Å². The molecule has 110 valence electrons. The van der Waals surface area contributed by atoms with Crippen molar-refractivity contribution in [3.05, 3.63) is 63.7 Å². The lowest BCUT2D eigenvalue weighted by molar-refractivity contribution is 0.302. The summed E-state index contributed by atoms with van der Waals surface area (Å²) in [6.45, 7) is 4.45. The monoisotopic (exact) mass is 304 g/mol. The minimum absolute atomic E-state index is 0.0115. The number of amidine groups is 1. The molecule has 0 saturated carbocycles. The van der Waals surface area contributed by atoms with Gasteiger partial charge in [-0.15, -0.1) is 0 Å². The van der Waals surface area contributed by atoms with Gasteiger partial charge in [-0.25, -0.2) is 0 Å². The van der Waals surface area contributed by atoms with Gasteiger partial charge in [0, 0.05) is 5.02 Å². The summed E-state index contributed by atoms with van der Waals surface area (Å²) in [6, 6.07) is 11.2. The Labute approximate surface area is 128 Å². The maximum absolute atomic E-state index is 8.82. The summed E-state index contributed by atoms with van der Waals surface area (Å²) in [5.41, 5.74) is 9.55. The van der Waals surface area contributed by atoms with Crippen LogP contribution >= 0.6 is 11.6 Å². The number of ether oxygens (including phenoxy) is 1. The summed E-state index contributed by atoms with van der Waals surface area (Å²) in [5.74, 6) is 0.473. The molecule has 0 unspecified atom stereocenters. The molecule has 2 rings (SSSR count). The number of nitrogens with zero attached hydrogens (tertiary/aromatic N) is 1. The molecule has 0 amide bonds. The van der Waals surface area contributed by atoms with E-state index in [4.69, 9.17) is 27.3 Å². The van der Waals surface area contributed by atoms with Gasteiger partial charge in [-0.2, -0.15) is 0 Å². The van der Waals surface area contributed by atoms with Gasteiger partial charge in [-0.05, 0) is 43.2 Å². The van der Waals surface area contributed by atoms with Crippen molar-refractivity contribution < 1.29 is 9.94 Å².